The molecule has 102 valence electrons. The maximum absolute atomic E-state index is 11.6. The van der Waals surface area contributed by atoms with Crippen LogP contribution in [0.5, 0.6) is 0 Å². The van der Waals surface area contributed by atoms with Gasteiger partial charge in [-0.25, -0.2) is 0 Å². The lowest BCUT2D eigenvalue weighted by Gasteiger charge is -2.12. The number of rotatable bonds is 5. The normalized spacial score (nSPS) is 15.5. The lowest BCUT2D eigenvalue weighted by Crippen LogP contribution is -2.22. The quantitative estimate of drug-likeness (QED) is 0.655. The van der Waals surface area contributed by atoms with Crippen molar-refractivity contribution in [1.82, 2.24) is 5.32 Å². The standard InChI is InChI=1S/C15H18BrNO2/c16-14-8-6-13(19-14)7-9-15(18)17-11-10-12-4-2-1-3-5-12/h4,6-9H,1-3,5,10-11H2,(H,17,18)/b9-7+. The van der Waals surface area contributed by atoms with Crippen LogP contribution in [0.25, 0.3) is 6.08 Å². The molecule has 2 rings (SSSR count). The monoisotopic (exact) mass is 323 g/mol. The SMILES string of the molecule is O=C(/C=C/c1ccc(Br)o1)NCCC1=CCCCC1. The molecule has 1 N–H and O–H groups in total. The van der Waals surface area contributed by atoms with Gasteiger partial charge in [-0.05, 0) is 66.2 Å². The van der Waals surface area contributed by atoms with E-state index in [0.717, 1.165) is 6.42 Å². The molecular formula is C15H18BrNO2. The fourth-order valence-electron chi connectivity index (χ4n) is 2.11. The molecule has 0 saturated carbocycles. The highest BCUT2D eigenvalue weighted by molar-refractivity contribution is 9.10. The first-order valence-electron chi connectivity index (χ1n) is 6.63. The number of halogens is 1. The van der Waals surface area contributed by atoms with Crippen LogP contribution in [0.4, 0.5) is 0 Å². The topological polar surface area (TPSA) is 42.2 Å². The van der Waals surface area contributed by atoms with Crippen molar-refractivity contribution in [3.63, 3.8) is 0 Å². The summed E-state index contributed by atoms with van der Waals surface area (Å²) in [5, 5.41) is 2.89. The van der Waals surface area contributed by atoms with Crippen LogP contribution in [0.3, 0.4) is 0 Å². The molecule has 0 saturated heterocycles. The van der Waals surface area contributed by atoms with Gasteiger partial charge in [0, 0.05) is 12.6 Å². The van der Waals surface area contributed by atoms with Crippen LogP contribution >= 0.6 is 15.9 Å². The minimum atomic E-state index is -0.0797. The lowest BCUT2D eigenvalue weighted by molar-refractivity contribution is -0.116. The number of carbonyl (C=O) groups is 1. The average Bonchev–Trinajstić information content (AvgIpc) is 2.83. The Balaban J connectivity index is 1.69. The predicted octanol–water partition coefficient (Wildman–Crippen LogP) is 4.06. The van der Waals surface area contributed by atoms with E-state index in [-0.39, 0.29) is 5.91 Å². The highest BCUT2D eigenvalue weighted by atomic mass is 79.9. The first-order chi connectivity index (χ1) is 9.24. The Morgan fingerprint density at radius 2 is 2.32 bits per heavy atom. The second-order valence-corrected chi connectivity index (χ2v) is 5.41. The van der Waals surface area contributed by atoms with Gasteiger partial charge in [0.05, 0.1) is 0 Å². The van der Waals surface area contributed by atoms with Gasteiger partial charge in [0.1, 0.15) is 5.76 Å². The van der Waals surface area contributed by atoms with E-state index in [2.05, 4.69) is 27.3 Å². The van der Waals surface area contributed by atoms with Gasteiger partial charge < -0.3 is 9.73 Å². The summed E-state index contributed by atoms with van der Waals surface area (Å²) in [4.78, 5) is 11.6. The van der Waals surface area contributed by atoms with Crippen LogP contribution in [-0.4, -0.2) is 12.5 Å². The first-order valence-corrected chi connectivity index (χ1v) is 7.42. The lowest BCUT2D eigenvalue weighted by atomic mass is 9.97. The summed E-state index contributed by atoms with van der Waals surface area (Å²) in [6, 6.07) is 3.60. The van der Waals surface area contributed by atoms with E-state index < -0.39 is 0 Å². The van der Waals surface area contributed by atoms with Gasteiger partial charge >= 0.3 is 0 Å². The summed E-state index contributed by atoms with van der Waals surface area (Å²) in [6.45, 7) is 0.705. The van der Waals surface area contributed by atoms with Crippen LogP contribution < -0.4 is 5.32 Å². The van der Waals surface area contributed by atoms with Gasteiger partial charge in [0.2, 0.25) is 5.91 Å². The predicted molar refractivity (Wildman–Crippen MR) is 79.6 cm³/mol. The van der Waals surface area contributed by atoms with E-state index >= 15 is 0 Å². The molecule has 0 radical (unpaired) electrons. The number of nitrogens with one attached hydrogen (secondary N) is 1. The molecule has 1 aliphatic rings. The Morgan fingerprint density at radius 3 is 3.00 bits per heavy atom. The smallest absolute Gasteiger partial charge is 0.244 e. The molecule has 1 aromatic rings. The molecule has 19 heavy (non-hydrogen) atoms. The Bertz CT molecular complexity index is 488. The first kappa shape index (κ1) is 14.1. The molecule has 0 fully saturated rings. The van der Waals surface area contributed by atoms with Crippen molar-refractivity contribution in [3.8, 4) is 0 Å². The third kappa shape index (κ3) is 5.07. The van der Waals surface area contributed by atoms with E-state index in [1.165, 1.54) is 37.3 Å². The van der Waals surface area contributed by atoms with E-state index in [1.54, 1.807) is 18.2 Å². The molecule has 0 spiro atoms. The van der Waals surface area contributed by atoms with Crippen LogP contribution in [0.15, 0.2) is 38.9 Å². The second-order valence-electron chi connectivity index (χ2n) is 4.62. The molecule has 0 bridgehead atoms. The number of carbonyl (C=O) groups excluding carboxylic acids is 1. The molecule has 1 heterocycles. The Hall–Kier alpha value is -1.29. The summed E-state index contributed by atoms with van der Waals surface area (Å²) in [5.74, 6) is 0.584. The fraction of sp³-hybridized carbons (Fsp3) is 0.400. The van der Waals surface area contributed by atoms with E-state index in [0.29, 0.717) is 17.0 Å². The van der Waals surface area contributed by atoms with Crippen molar-refractivity contribution < 1.29 is 9.21 Å². The van der Waals surface area contributed by atoms with E-state index in [9.17, 15) is 4.79 Å². The van der Waals surface area contributed by atoms with Gasteiger partial charge in [0.15, 0.2) is 4.67 Å². The third-order valence-electron chi connectivity index (χ3n) is 3.12. The van der Waals surface area contributed by atoms with Gasteiger partial charge in [-0.1, -0.05) is 11.6 Å². The van der Waals surface area contributed by atoms with Gasteiger partial charge in [0.25, 0.3) is 0 Å². The van der Waals surface area contributed by atoms with Gasteiger partial charge in [-0.3, -0.25) is 4.79 Å². The molecule has 4 heteroatoms. The number of furan rings is 1. The molecule has 0 unspecified atom stereocenters. The Morgan fingerprint density at radius 1 is 1.42 bits per heavy atom. The maximum Gasteiger partial charge on any atom is 0.244 e. The molecule has 1 amide bonds. The highest BCUT2D eigenvalue weighted by Crippen LogP contribution is 2.19. The summed E-state index contributed by atoms with van der Waals surface area (Å²) < 4.78 is 5.94. The molecular weight excluding hydrogens is 306 g/mol. The van der Waals surface area contributed by atoms with Crippen LogP contribution in [0.1, 0.15) is 37.9 Å². The van der Waals surface area contributed by atoms with E-state index in [4.69, 9.17) is 4.42 Å². The van der Waals surface area contributed by atoms with Crippen molar-refractivity contribution in [2.24, 2.45) is 0 Å². The molecule has 3 nitrogen and oxygen atoms in total. The van der Waals surface area contributed by atoms with Crippen molar-refractivity contribution in [2.75, 3.05) is 6.54 Å². The minimum absolute atomic E-state index is 0.0797. The zero-order valence-corrected chi connectivity index (χ0v) is 12.4. The summed E-state index contributed by atoms with van der Waals surface area (Å²) in [7, 11) is 0. The maximum atomic E-state index is 11.6. The largest absolute Gasteiger partial charge is 0.450 e. The molecule has 1 aromatic heterocycles. The number of hydrogen-bond acceptors (Lipinski definition) is 2. The van der Waals surface area contributed by atoms with Crippen molar-refractivity contribution >= 4 is 27.9 Å². The zero-order chi connectivity index (χ0) is 13.5. The zero-order valence-electron chi connectivity index (χ0n) is 10.8. The van der Waals surface area contributed by atoms with E-state index in [1.807, 2.05) is 0 Å². The Labute approximate surface area is 121 Å². The average molecular weight is 324 g/mol. The molecule has 1 aliphatic carbocycles. The van der Waals surface area contributed by atoms with Crippen LogP contribution in [0, 0.1) is 0 Å². The summed E-state index contributed by atoms with van der Waals surface area (Å²) in [5.41, 5.74) is 1.48. The van der Waals surface area contributed by atoms with Crippen LogP contribution in [0.2, 0.25) is 0 Å². The van der Waals surface area contributed by atoms with Crippen molar-refractivity contribution in [2.45, 2.75) is 32.1 Å². The van der Waals surface area contributed by atoms with Crippen LogP contribution in [-0.2, 0) is 4.79 Å². The molecule has 0 aliphatic heterocycles. The van der Waals surface area contributed by atoms with Gasteiger partial charge in [-0.2, -0.15) is 0 Å². The van der Waals surface area contributed by atoms with Crippen molar-refractivity contribution in [1.29, 1.82) is 0 Å². The van der Waals surface area contributed by atoms with Crippen molar-refractivity contribution in [3.05, 3.63) is 40.3 Å². The van der Waals surface area contributed by atoms with Gasteiger partial charge in [-0.15, -0.1) is 0 Å². The number of hydrogen-bond donors (Lipinski definition) is 1. The molecule has 0 aromatic carbocycles. The second kappa shape index (κ2) is 7.34. The summed E-state index contributed by atoms with van der Waals surface area (Å²) >= 11 is 3.22. The third-order valence-corrected chi connectivity index (χ3v) is 3.55. The minimum Gasteiger partial charge on any atom is -0.450 e. The fourth-order valence-corrected chi connectivity index (χ4v) is 2.43. The summed E-state index contributed by atoms with van der Waals surface area (Å²) in [6.07, 6.45) is 11.4. The number of amides is 1. The number of allylic oxidation sites excluding steroid dienone is 1. The highest BCUT2D eigenvalue weighted by Gasteiger charge is 2.04. The Kier molecular flexibility index (Phi) is 5.45. The molecule has 0 atom stereocenters.